The molecule has 0 bridgehead atoms. The van der Waals surface area contributed by atoms with Crippen LogP contribution in [-0.4, -0.2) is 21.9 Å². The summed E-state index contributed by atoms with van der Waals surface area (Å²) in [5, 5.41) is 12.7. The lowest BCUT2D eigenvalue weighted by molar-refractivity contribution is -0.497. The van der Waals surface area contributed by atoms with Crippen LogP contribution in [0.3, 0.4) is 0 Å². The molecule has 16 heavy (non-hydrogen) atoms. The molecule has 1 aromatic rings. The maximum absolute atomic E-state index is 11.5. The fourth-order valence-electron chi connectivity index (χ4n) is 1.44. The summed E-state index contributed by atoms with van der Waals surface area (Å²) in [4.78, 5) is 35.3. The van der Waals surface area contributed by atoms with E-state index in [2.05, 4.69) is 10.3 Å². The van der Waals surface area contributed by atoms with Crippen LogP contribution in [0.2, 0.25) is 0 Å². The Balaban J connectivity index is 2.02. The number of aromatic nitrogens is 1. The Kier molecular flexibility index (Phi) is 2.43. The topological polar surface area (TPSA) is 105 Å². The second kappa shape index (κ2) is 3.76. The highest BCUT2D eigenvalue weighted by Gasteiger charge is 2.53. The van der Waals surface area contributed by atoms with Crippen molar-refractivity contribution in [3.05, 3.63) is 38.8 Å². The van der Waals surface area contributed by atoms with Crippen LogP contribution in [0.25, 0.3) is 0 Å². The number of hydrogen-bond donors (Lipinski definition) is 2. The van der Waals surface area contributed by atoms with Crippen molar-refractivity contribution in [1.82, 2.24) is 4.98 Å². The standard InChI is InChI=1S/C9H9N3O4/c13-8-1-2-10-4-6(8)11-9(14)5-3-7(5)12(15)16/h1-2,4-5,7H,3H2,(H,10,13)(H,11,14). The molecule has 1 amide bonds. The van der Waals surface area contributed by atoms with Gasteiger partial charge < -0.3 is 10.3 Å². The Bertz CT molecular complexity index is 496. The van der Waals surface area contributed by atoms with Gasteiger partial charge in [-0.2, -0.15) is 0 Å². The van der Waals surface area contributed by atoms with Crippen LogP contribution in [0.1, 0.15) is 6.42 Å². The van der Waals surface area contributed by atoms with Crippen LogP contribution in [0.5, 0.6) is 0 Å². The van der Waals surface area contributed by atoms with Crippen molar-refractivity contribution in [3.8, 4) is 0 Å². The Hall–Kier alpha value is -2.18. The number of aromatic amines is 1. The zero-order chi connectivity index (χ0) is 11.7. The lowest BCUT2D eigenvalue weighted by atomic mass is 10.3. The largest absolute Gasteiger partial charge is 0.366 e. The number of pyridine rings is 1. The summed E-state index contributed by atoms with van der Waals surface area (Å²) in [5.74, 6) is -1.09. The van der Waals surface area contributed by atoms with E-state index in [9.17, 15) is 19.7 Å². The Morgan fingerprint density at radius 1 is 1.62 bits per heavy atom. The second-order valence-electron chi connectivity index (χ2n) is 3.61. The Labute approximate surface area is 89.6 Å². The number of hydrogen-bond acceptors (Lipinski definition) is 4. The third kappa shape index (κ3) is 1.92. The van der Waals surface area contributed by atoms with Crippen molar-refractivity contribution >= 4 is 11.6 Å². The van der Waals surface area contributed by atoms with E-state index >= 15 is 0 Å². The third-order valence-electron chi connectivity index (χ3n) is 2.45. The average molecular weight is 223 g/mol. The van der Waals surface area contributed by atoms with E-state index in [1.165, 1.54) is 18.5 Å². The summed E-state index contributed by atoms with van der Waals surface area (Å²) in [6, 6.07) is 0.468. The van der Waals surface area contributed by atoms with Crippen LogP contribution in [0.15, 0.2) is 23.3 Å². The molecule has 1 saturated carbocycles. The Morgan fingerprint density at radius 2 is 2.38 bits per heavy atom. The minimum absolute atomic E-state index is 0.112. The maximum Gasteiger partial charge on any atom is 0.234 e. The van der Waals surface area contributed by atoms with E-state index < -0.39 is 22.8 Å². The van der Waals surface area contributed by atoms with E-state index in [4.69, 9.17) is 0 Å². The summed E-state index contributed by atoms with van der Waals surface area (Å²) in [6.07, 6.45) is 3.03. The van der Waals surface area contributed by atoms with Crippen LogP contribution < -0.4 is 10.7 Å². The van der Waals surface area contributed by atoms with Gasteiger partial charge in [0, 0.05) is 29.8 Å². The highest BCUT2D eigenvalue weighted by atomic mass is 16.6. The lowest BCUT2D eigenvalue weighted by Crippen LogP contribution is -2.22. The van der Waals surface area contributed by atoms with E-state index in [0.29, 0.717) is 0 Å². The van der Waals surface area contributed by atoms with Crippen LogP contribution in [0, 0.1) is 16.0 Å². The van der Waals surface area contributed by atoms with Gasteiger partial charge in [-0.25, -0.2) is 0 Å². The van der Waals surface area contributed by atoms with Crippen molar-refractivity contribution in [1.29, 1.82) is 0 Å². The van der Waals surface area contributed by atoms with Crippen molar-refractivity contribution in [2.24, 2.45) is 5.92 Å². The molecule has 0 aliphatic heterocycles. The molecule has 2 atom stereocenters. The number of H-pyrrole nitrogens is 1. The number of nitro groups is 1. The molecule has 2 rings (SSSR count). The quantitative estimate of drug-likeness (QED) is 0.554. The SMILES string of the molecule is O=C(Nc1c[nH]ccc1=O)C1CC1[N+](=O)[O-]. The van der Waals surface area contributed by atoms with Gasteiger partial charge in [0.05, 0.1) is 0 Å². The van der Waals surface area contributed by atoms with Crippen molar-refractivity contribution in [2.75, 3.05) is 5.32 Å². The molecular weight excluding hydrogens is 214 g/mol. The molecule has 1 fully saturated rings. The monoisotopic (exact) mass is 223 g/mol. The lowest BCUT2D eigenvalue weighted by Gasteiger charge is -2.01. The molecule has 0 aromatic carbocycles. The first-order valence-corrected chi connectivity index (χ1v) is 4.71. The molecular formula is C9H9N3O4. The molecule has 1 aliphatic carbocycles. The van der Waals surface area contributed by atoms with E-state index in [1.54, 1.807) is 0 Å². The zero-order valence-electron chi connectivity index (χ0n) is 8.17. The molecule has 7 heteroatoms. The zero-order valence-corrected chi connectivity index (χ0v) is 8.17. The van der Waals surface area contributed by atoms with E-state index in [0.717, 1.165) is 0 Å². The van der Waals surface area contributed by atoms with Gasteiger partial charge in [0.25, 0.3) is 0 Å². The predicted molar refractivity (Wildman–Crippen MR) is 54.6 cm³/mol. The molecule has 0 spiro atoms. The van der Waals surface area contributed by atoms with E-state index in [1.807, 2.05) is 0 Å². The first-order chi connectivity index (χ1) is 7.59. The highest BCUT2D eigenvalue weighted by Crippen LogP contribution is 2.33. The van der Waals surface area contributed by atoms with E-state index in [-0.39, 0.29) is 17.5 Å². The number of nitrogens with zero attached hydrogens (tertiary/aromatic N) is 1. The average Bonchev–Trinajstić information content (AvgIpc) is 3.01. The minimum atomic E-state index is -0.803. The van der Waals surface area contributed by atoms with Gasteiger partial charge in [0.1, 0.15) is 11.6 Å². The normalized spacial score (nSPS) is 22.5. The summed E-state index contributed by atoms with van der Waals surface area (Å²) < 4.78 is 0. The number of carbonyl (C=O) groups is 1. The maximum atomic E-state index is 11.5. The summed E-state index contributed by atoms with van der Waals surface area (Å²) in [7, 11) is 0. The van der Waals surface area contributed by atoms with Gasteiger partial charge in [-0.05, 0) is 0 Å². The molecule has 2 N–H and O–H groups in total. The van der Waals surface area contributed by atoms with Crippen LogP contribution in [-0.2, 0) is 4.79 Å². The fraction of sp³-hybridized carbons (Fsp3) is 0.333. The molecule has 84 valence electrons. The number of nitrogens with one attached hydrogen (secondary N) is 2. The van der Waals surface area contributed by atoms with Gasteiger partial charge in [-0.3, -0.25) is 19.7 Å². The van der Waals surface area contributed by atoms with Gasteiger partial charge >= 0.3 is 0 Å². The molecule has 0 saturated heterocycles. The number of anilines is 1. The predicted octanol–water partition coefficient (Wildman–Crippen LogP) is -0.0214. The molecule has 1 aromatic heterocycles. The van der Waals surface area contributed by atoms with Crippen molar-refractivity contribution in [2.45, 2.75) is 12.5 Å². The number of rotatable bonds is 3. The first-order valence-electron chi connectivity index (χ1n) is 4.71. The van der Waals surface area contributed by atoms with Crippen molar-refractivity contribution < 1.29 is 9.72 Å². The van der Waals surface area contributed by atoms with Gasteiger partial charge in [-0.15, -0.1) is 0 Å². The van der Waals surface area contributed by atoms with Gasteiger partial charge in [-0.1, -0.05) is 0 Å². The van der Waals surface area contributed by atoms with Crippen LogP contribution in [0.4, 0.5) is 5.69 Å². The summed E-state index contributed by atoms with van der Waals surface area (Å²) >= 11 is 0. The summed E-state index contributed by atoms with van der Waals surface area (Å²) in [6.45, 7) is 0. The first kappa shape index (κ1) is 10.3. The highest BCUT2D eigenvalue weighted by molar-refractivity contribution is 5.94. The fourth-order valence-corrected chi connectivity index (χ4v) is 1.44. The molecule has 0 radical (unpaired) electrons. The number of carbonyl (C=O) groups excluding carboxylic acids is 1. The van der Waals surface area contributed by atoms with Gasteiger partial charge in [0.15, 0.2) is 0 Å². The molecule has 1 heterocycles. The molecule has 2 unspecified atom stereocenters. The molecule has 7 nitrogen and oxygen atoms in total. The van der Waals surface area contributed by atoms with Crippen LogP contribution >= 0.6 is 0 Å². The minimum Gasteiger partial charge on any atom is -0.366 e. The second-order valence-corrected chi connectivity index (χ2v) is 3.61. The summed E-state index contributed by atoms with van der Waals surface area (Å²) in [5.41, 5.74) is -0.216. The van der Waals surface area contributed by atoms with Crippen molar-refractivity contribution in [3.63, 3.8) is 0 Å². The van der Waals surface area contributed by atoms with Gasteiger partial charge in [0.2, 0.25) is 17.4 Å². The smallest absolute Gasteiger partial charge is 0.234 e. The third-order valence-corrected chi connectivity index (χ3v) is 2.45. The Morgan fingerprint density at radius 3 is 2.94 bits per heavy atom. The molecule has 1 aliphatic rings. The number of amides is 1.